The summed E-state index contributed by atoms with van der Waals surface area (Å²) >= 11 is 3.54. The van der Waals surface area contributed by atoms with Crippen LogP contribution in [0.4, 0.5) is 11.4 Å². The van der Waals surface area contributed by atoms with Crippen molar-refractivity contribution in [3.8, 4) is 0 Å². The van der Waals surface area contributed by atoms with Gasteiger partial charge >= 0.3 is 0 Å². The average molecular weight is 351 g/mol. The van der Waals surface area contributed by atoms with Gasteiger partial charge in [-0.05, 0) is 24.1 Å². The summed E-state index contributed by atoms with van der Waals surface area (Å²) in [4.78, 5) is 2.11. The number of rotatable bonds is 5. The lowest BCUT2D eigenvalue weighted by Crippen LogP contribution is -2.12. The second-order valence-corrected chi connectivity index (χ2v) is 6.69. The molecule has 114 valence electrons. The van der Waals surface area contributed by atoms with Crippen LogP contribution < -0.4 is 10.2 Å². The summed E-state index contributed by atoms with van der Waals surface area (Å²) in [5.41, 5.74) is 4.70. The molecular formula is C16H23BrN4. The number of aryl methyl sites for hydroxylation is 1. The third-order valence-electron chi connectivity index (χ3n) is 3.39. The first-order chi connectivity index (χ1) is 9.88. The summed E-state index contributed by atoms with van der Waals surface area (Å²) in [6.07, 6.45) is 2.09. The quantitative estimate of drug-likeness (QED) is 0.884. The fourth-order valence-electron chi connectivity index (χ4n) is 2.41. The molecule has 0 bridgehead atoms. The summed E-state index contributed by atoms with van der Waals surface area (Å²) in [5, 5.41) is 8.09. The molecule has 0 amide bonds. The van der Waals surface area contributed by atoms with E-state index < -0.39 is 0 Å². The first kappa shape index (κ1) is 15.9. The van der Waals surface area contributed by atoms with Crippen LogP contribution in [0.3, 0.4) is 0 Å². The number of benzene rings is 1. The number of anilines is 2. The van der Waals surface area contributed by atoms with Gasteiger partial charge < -0.3 is 10.2 Å². The van der Waals surface area contributed by atoms with Crippen LogP contribution >= 0.6 is 15.9 Å². The number of hydrogen-bond acceptors (Lipinski definition) is 3. The standard InChI is InChI=1S/C16H23BrN4/c1-11(2)16-12(10-21(5)19-16)9-18-14-8-13(17)6-7-15(14)20(3)4/h6-8,10-11,18H,9H2,1-5H3. The van der Waals surface area contributed by atoms with Gasteiger partial charge in [-0.2, -0.15) is 5.10 Å². The Hall–Kier alpha value is -1.49. The van der Waals surface area contributed by atoms with Crippen molar-refractivity contribution in [1.29, 1.82) is 0 Å². The molecule has 1 aromatic heterocycles. The van der Waals surface area contributed by atoms with Crippen LogP contribution in [0.1, 0.15) is 31.0 Å². The van der Waals surface area contributed by atoms with Crippen molar-refractivity contribution in [3.05, 3.63) is 40.1 Å². The van der Waals surface area contributed by atoms with E-state index >= 15 is 0 Å². The van der Waals surface area contributed by atoms with E-state index in [9.17, 15) is 0 Å². The zero-order valence-electron chi connectivity index (χ0n) is 13.3. The third-order valence-corrected chi connectivity index (χ3v) is 3.89. The van der Waals surface area contributed by atoms with Crippen LogP contribution in [0.25, 0.3) is 0 Å². The minimum Gasteiger partial charge on any atom is -0.379 e. The Morgan fingerprint density at radius 3 is 2.67 bits per heavy atom. The Labute approximate surface area is 135 Å². The van der Waals surface area contributed by atoms with Crippen LogP contribution in [-0.2, 0) is 13.6 Å². The number of nitrogens with zero attached hydrogens (tertiary/aromatic N) is 3. The highest BCUT2D eigenvalue weighted by molar-refractivity contribution is 9.10. The van der Waals surface area contributed by atoms with Gasteiger partial charge in [0.05, 0.1) is 17.1 Å². The number of halogens is 1. The molecule has 0 radical (unpaired) electrons. The van der Waals surface area contributed by atoms with Crippen LogP contribution in [0.5, 0.6) is 0 Å². The highest BCUT2D eigenvalue weighted by Gasteiger charge is 2.12. The molecule has 0 aliphatic carbocycles. The molecular weight excluding hydrogens is 328 g/mol. The first-order valence-corrected chi connectivity index (χ1v) is 7.91. The monoisotopic (exact) mass is 350 g/mol. The molecule has 0 saturated heterocycles. The molecule has 1 N–H and O–H groups in total. The molecule has 0 spiro atoms. The maximum atomic E-state index is 4.55. The maximum Gasteiger partial charge on any atom is 0.0699 e. The fourth-order valence-corrected chi connectivity index (χ4v) is 2.77. The molecule has 0 unspecified atom stereocenters. The van der Waals surface area contributed by atoms with Crippen LogP contribution in [0, 0.1) is 0 Å². The van der Waals surface area contributed by atoms with E-state index in [1.54, 1.807) is 0 Å². The van der Waals surface area contributed by atoms with E-state index in [0.717, 1.165) is 22.4 Å². The van der Waals surface area contributed by atoms with Gasteiger partial charge in [0.2, 0.25) is 0 Å². The summed E-state index contributed by atoms with van der Waals surface area (Å²) < 4.78 is 2.96. The predicted octanol–water partition coefficient (Wildman–Crippen LogP) is 3.98. The van der Waals surface area contributed by atoms with Crippen LogP contribution in [0.15, 0.2) is 28.9 Å². The Bertz CT molecular complexity index is 617. The molecule has 4 nitrogen and oxygen atoms in total. The van der Waals surface area contributed by atoms with Gasteiger partial charge in [-0.3, -0.25) is 4.68 Å². The van der Waals surface area contributed by atoms with Crippen molar-refractivity contribution >= 4 is 27.3 Å². The molecule has 1 aromatic carbocycles. The molecule has 0 fully saturated rings. The third kappa shape index (κ3) is 3.79. The minimum absolute atomic E-state index is 0.429. The van der Waals surface area contributed by atoms with E-state index in [-0.39, 0.29) is 0 Å². The summed E-state index contributed by atoms with van der Waals surface area (Å²) in [6, 6.07) is 6.28. The van der Waals surface area contributed by atoms with Crippen molar-refractivity contribution in [2.24, 2.45) is 7.05 Å². The van der Waals surface area contributed by atoms with Gasteiger partial charge in [0.15, 0.2) is 0 Å². The molecule has 2 aromatic rings. The number of aromatic nitrogens is 2. The number of hydrogen-bond donors (Lipinski definition) is 1. The van der Waals surface area contributed by atoms with Gasteiger partial charge in [0, 0.05) is 43.9 Å². The molecule has 0 aliphatic rings. The number of nitrogens with one attached hydrogen (secondary N) is 1. The van der Waals surface area contributed by atoms with E-state index in [1.807, 2.05) is 11.7 Å². The molecule has 0 aliphatic heterocycles. The lowest BCUT2D eigenvalue weighted by Gasteiger charge is -2.19. The van der Waals surface area contributed by atoms with Crippen molar-refractivity contribution in [2.45, 2.75) is 26.3 Å². The normalized spacial score (nSPS) is 11.0. The zero-order chi connectivity index (χ0) is 15.6. The zero-order valence-corrected chi connectivity index (χ0v) is 14.9. The summed E-state index contributed by atoms with van der Waals surface area (Å²) in [5.74, 6) is 0.429. The second-order valence-electron chi connectivity index (χ2n) is 5.78. The van der Waals surface area contributed by atoms with E-state index in [4.69, 9.17) is 0 Å². The highest BCUT2D eigenvalue weighted by Crippen LogP contribution is 2.29. The Kier molecular flexibility index (Phi) is 4.93. The Morgan fingerprint density at radius 1 is 1.33 bits per heavy atom. The molecule has 0 saturated carbocycles. The van der Waals surface area contributed by atoms with Crippen molar-refractivity contribution < 1.29 is 0 Å². The molecule has 1 heterocycles. The summed E-state index contributed by atoms with van der Waals surface area (Å²) in [6.45, 7) is 5.13. The second kappa shape index (κ2) is 6.52. The highest BCUT2D eigenvalue weighted by atomic mass is 79.9. The van der Waals surface area contributed by atoms with Gasteiger partial charge in [-0.25, -0.2) is 0 Å². The van der Waals surface area contributed by atoms with Crippen LogP contribution in [0.2, 0.25) is 0 Å². The fraction of sp³-hybridized carbons (Fsp3) is 0.438. The molecule has 21 heavy (non-hydrogen) atoms. The molecule has 2 rings (SSSR count). The maximum absolute atomic E-state index is 4.55. The van der Waals surface area contributed by atoms with Gasteiger partial charge in [-0.15, -0.1) is 0 Å². The largest absolute Gasteiger partial charge is 0.379 e. The lowest BCUT2D eigenvalue weighted by molar-refractivity contribution is 0.712. The van der Waals surface area contributed by atoms with E-state index in [2.05, 4.69) is 83.6 Å². The molecule has 0 atom stereocenters. The SMILES string of the molecule is CC(C)c1nn(C)cc1CNc1cc(Br)ccc1N(C)C. The van der Waals surface area contributed by atoms with Crippen molar-refractivity contribution in [2.75, 3.05) is 24.3 Å². The molecule has 5 heteroatoms. The Balaban J connectivity index is 2.22. The average Bonchev–Trinajstić information content (AvgIpc) is 2.77. The van der Waals surface area contributed by atoms with Crippen LogP contribution in [-0.4, -0.2) is 23.9 Å². The van der Waals surface area contributed by atoms with E-state index in [1.165, 1.54) is 11.3 Å². The van der Waals surface area contributed by atoms with Gasteiger partial charge in [0.1, 0.15) is 0 Å². The first-order valence-electron chi connectivity index (χ1n) is 7.11. The smallest absolute Gasteiger partial charge is 0.0699 e. The van der Waals surface area contributed by atoms with E-state index in [0.29, 0.717) is 5.92 Å². The minimum atomic E-state index is 0.429. The predicted molar refractivity (Wildman–Crippen MR) is 93.1 cm³/mol. The summed E-state index contributed by atoms with van der Waals surface area (Å²) in [7, 11) is 6.08. The van der Waals surface area contributed by atoms with Gasteiger partial charge in [-0.1, -0.05) is 29.8 Å². The van der Waals surface area contributed by atoms with Crippen molar-refractivity contribution in [3.63, 3.8) is 0 Å². The topological polar surface area (TPSA) is 33.1 Å². The van der Waals surface area contributed by atoms with Crippen molar-refractivity contribution in [1.82, 2.24) is 9.78 Å². The Morgan fingerprint density at radius 2 is 2.05 bits per heavy atom. The van der Waals surface area contributed by atoms with Gasteiger partial charge in [0.25, 0.3) is 0 Å². The lowest BCUT2D eigenvalue weighted by atomic mass is 10.1.